The van der Waals surface area contributed by atoms with Gasteiger partial charge >= 0.3 is 5.97 Å². The lowest BCUT2D eigenvalue weighted by Crippen LogP contribution is -1.94. The van der Waals surface area contributed by atoms with E-state index in [1.54, 1.807) is 18.2 Å². The summed E-state index contributed by atoms with van der Waals surface area (Å²) >= 11 is 3.31. The summed E-state index contributed by atoms with van der Waals surface area (Å²) < 4.78 is 0.721. The van der Waals surface area contributed by atoms with E-state index in [9.17, 15) is 4.79 Å². The number of nitrogen functional groups attached to an aromatic ring is 1. The number of hydrogen-bond acceptors (Lipinski definition) is 2. The van der Waals surface area contributed by atoms with Crippen LogP contribution in [0.15, 0.2) is 22.7 Å². The largest absolute Gasteiger partial charge is 0.477 e. The first-order valence-corrected chi connectivity index (χ1v) is 4.69. The van der Waals surface area contributed by atoms with Crippen LogP contribution in [0.1, 0.15) is 10.5 Å². The van der Waals surface area contributed by atoms with Crippen LogP contribution >= 0.6 is 15.9 Å². The number of nitrogens with two attached hydrogens (primary N) is 1. The Morgan fingerprint density at radius 2 is 2.21 bits per heavy atom. The van der Waals surface area contributed by atoms with Gasteiger partial charge in [0.15, 0.2) is 0 Å². The minimum absolute atomic E-state index is 0.159. The number of carboxylic acids is 1. The van der Waals surface area contributed by atoms with E-state index in [1.807, 2.05) is 0 Å². The average Bonchev–Trinajstić information content (AvgIpc) is 2.56. The molecule has 2 rings (SSSR count). The highest BCUT2D eigenvalue weighted by Crippen LogP contribution is 2.29. The van der Waals surface area contributed by atoms with E-state index in [0.717, 1.165) is 15.4 Å². The van der Waals surface area contributed by atoms with Crippen molar-refractivity contribution < 1.29 is 9.90 Å². The number of H-pyrrole nitrogens is 1. The van der Waals surface area contributed by atoms with Gasteiger partial charge in [0.1, 0.15) is 5.69 Å². The zero-order chi connectivity index (χ0) is 10.3. The summed E-state index contributed by atoms with van der Waals surface area (Å²) in [7, 11) is 0. The summed E-state index contributed by atoms with van der Waals surface area (Å²) in [5.74, 6) is -0.980. The van der Waals surface area contributed by atoms with Crippen molar-refractivity contribution in [2.75, 3.05) is 5.73 Å². The van der Waals surface area contributed by atoms with Crippen LogP contribution in [0.5, 0.6) is 0 Å². The van der Waals surface area contributed by atoms with Crippen LogP contribution in [-0.2, 0) is 0 Å². The van der Waals surface area contributed by atoms with Gasteiger partial charge in [0.25, 0.3) is 0 Å². The van der Waals surface area contributed by atoms with Gasteiger partial charge < -0.3 is 15.8 Å². The van der Waals surface area contributed by atoms with Crippen molar-refractivity contribution in [2.24, 2.45) is 0 Å². The van der Waals surface area contributed by atoms with Crippen LogP contribution in [0, 0.1) is 0 Å². The number of aromatic nitrogens is 1. The van der Waals surface area contributed by atoms with Crippen molar-refractivity contribution >= 4 is 38.5 Å². The lowest BCUT2D eigenvalue weighted by atomic mass is 10.2. The van der Waals surface area contributed by atoms with Gasteiger partial charge in [-0.1, -0.05) is 0 Å². The SMILES string of the molecule is Nc1ccc2[nH]c(C(=O)O)cc2c1Br. The van der Waals surface area contributed by atoms with Crippen LogP contribution in [0.25, 0.3) is 10.9 Å². The molecule has 1 aromatic carbocycles. The molecule has 4 N–H and O–H groups in total. The fourth-order valence-corrected chi connectivity index (χ4v) is 1.76. The molecular weight excluding hydrogens is 248 g/mol. The van der Waals surface area contributed by atoms with E-state index in [0.29, 0.717) is 5.69 Å². The second kappa shape index (κ2) is 3.02. The van der Waals surface area contributed by atoms with E-state index in [2.05, 4.69) is 20.9 Å². The Hall–Kier alpha value is -1.49. The van der Waals surface area contributed by atoms with Gasteiger partial charge in [0.2, 0.25) is 0 Å². The molecule has 1 heterocycles. The second-order valence-corrected chi connectivity index (χ2v) is 3.71. The van der Waals surface area contributed by atoms with Crippen LogP contribution in [0.2, 0.25) is 0 Å². The zero-order valence-corrected chi connectivity index (χ0v) is 8.63. The standard InChI is InChI=1S/C9H7BrN2O2/c10-8-4-3-7(9(13)14)12-6(4)2-1-5(8)11/h1-3,12H,11H2,(H,13,14). The molecule has 0 radical (unpaired) electrons. The summed E-state index contributed by atoms with van der Waals surface area (Å²) in [4.78, 5) is 13.5. The molecule has 0 aliphatic rings. The third kappa shape index (κ3) is 1.26. The lowest BCUT2D eigenvalue weighted by molar-refractivity contribution is 0.0691. The van der Waals surface area contributed by atoms with E-state index in [4.69, 9.17) is 10.8 Å². The number of aromatic carboxylic acids is 1. The topological polar surface area (TPSA) is 79.1 Å². The first kappa shape index (κ1) is 9.08. The molecule has 0 unspecified atom stereocenters. The molecule has 0 bridgehead atoms. The third-order valence-corrected chi connectivity index (χ3v) is 2.88. The van der Waals surface area contributed by atoms with Crippen LogP contribution in [0.4, 0.5) is 5.69 Å². The number of carboxylic acid groups (broad SMARTS) is 1. The summed E-state index contributed by atoms with van der Waals surface area (Å²) in [6.07, 6.45) is 0. The molecule has 72 valence electrons. The number of hydrogen-bond donors (Lipinski definition) is 3. The van der Waals surface area contributed by atoms with E-state index in [1.165, 1.54) is 0 Å². The molecule has 0 saturated carbocycles. The van der Waals surface area contributed by atoms with Crippen molar-refractivity contribution in [3.8, 4) is 0 Å². The summed E-state index contributed by atoms with van der Waals surface area (Å²) in [6, 6.07) is 5.02. The molecule has 0 amide bonds. The minimum atomic E-state index is -0.980. The molecule has 0 spiro atoms. The van der Waals surface area contributed by atoms with E-state index in [-0.39, 0.29) is 5.69 Å². The molecule has 0 atom stereocenters. The molecule has 2 aromatic rings. The zero-order valence-electron chi connectivity index (χ0n) is 7.04. The first-order valence-electron chi connectivity index (χ1n) is 3.89. The van der Waals surface area contributed by atoms with Gasteiger partial charge in [-0.25, -0.2) is 4.79 Å². The fraction of sp³-hybridized carbons (Fsp3) is 0. The molecule has 4 nitrogen and oxygen atoms in total. The number of carbonyl (C=O) groups is 1. The number of halogens is 1. The number of anilines is 1. The normalized spacial score (nSPS) is 10.6. The Morgan fingerprint density at radius 3 is 2.86 bits per heavy atom. The van der Waals surface area contributed by atoms with Crippen LogP contribution in [0.3, 0.4) is 0 Å². The molecule has 0 aliphatic carbocycles. The number of fused-ring (bicyclic) bond motifs is 1. The van der Waals surface area contributed by atoms with E-state index >= 15 is 0 Å². The van der Waals surface area contributed by atoms with Gasteiger partial charge in [-0.05, 0) is 34.1 Å². The van der Waals surface area contributed by atoms with E-state index < -0.39 is 5.97 Å². The Labute approximate surface area is 87.9 Å². The quantitative estimate of drug-likeness (QED) is 0.683. The Morgan fingerprint density at radius 1 is 1.50 bits per heavy atom. The second-order valence-electron chi connectivity index (χ2n) is 2.92. The van der Waals surface area contributed by atoms with Crippen LogP contribution in [-0.4, -0.2) is 16.1 Å². The number of rotatable bonds is 1. The summed E-state index contributed by atoms with van der Waals surface area (Å²) in [5.41, 5.74) is 7.17. The predicted octanol–water partition coefficient (Wildman–Crippen LogP) is 2.21. The highest BCUT2D eigenvalue weighted by Gasteiger charge is 2.10. The van der Waals surface area contributed by atoms with Gasteiger partial charge in [-0.3, -0.25) is 0 Å². The number of benzene rings is 1. The van der Waals surface area contributed by atoms with Gasteiger partial charge in [0.05, 0.1) is 0 Å². The number of aromatic amines is 1. The minimum Gasteiger partial charge on any atom is -0.477 e. The Bertz CT molecular complexity index is 519. The highest BCUT2D eigenvalue weighted by molar-refractivity contribution is 9.10. The van der Waals surface area contributed by atoms with Gasteiger partial charge in [0, 0.05) is 21.1 Å². The summed E-state index contributed by atoms with van der Waals surface area (Å²) in [6.45, 7) is 0. The van der Waals surface area contributed by atoms with Gasteiger partial charge in [-0.15, -0.1) is 0 Å². The fourth-order valence-electron chi connectivity index (χ4n) is 1.30. The monoisotopic (exact) mass is 254 g/mol. The molecular formula is C9H7BrN2O2. The van der Waals surface area contributed by atoms with Crippen molar-refractivity contribution in [1.29, 1.82) is 0 Å². The molecule has 5 heteroatoms. The maximum atomic E-state index is 10.7. The maximum Gasteiger partial charge on any atom is 0.352 e. The van der Waals surface area contributed by atoms with Crippen molar-refractivity contribution in [3.05, 3.63) is 28.4 Å². The first-order chi connectivity index (χ1) is 6.59. The Balaban J connectivity index is 2.77. The van der Waals surface area contributed by atoms with Crippen molar-refractivity contribution in [1.82, 2.24) is 4.98 Å². The number of nitrogens with one attached hydrogen (secondary N) is 1. The molecule has 1 aromatic heterocycles. The molecule has 0 saturated heterocycles. The van der Waals surface area contributed by atoms with Gasteiger partial charge in [-0.2, -0.15) is 0 Å². The average molecular weight is 255 g/mol. The van der Waals surface area contributed by atoms with Crippen molar-refractivity contribution in [2.45, 2.75) is 0 Å². The third-order valence-electron chi connectivity index (χ3n) is 2.00. The highest BCUT2D eigenvalue weighted by atomic mass is 79.9. The molecule has 0 aliphatic heterocycles. The lowest BCUT2D eigenvalue weighted by Gasteiger charge is -1.97. The summed E-state index contributed by atoms with van der Waals surface area (Å²) in [5, 5.41) is 9.55. The smallest absolute Gasteiger partial charge is 0.352 e. The Kier molecular flexibility index (Phi) is 1.96. The molecule has 14 heavy (non-hydrogen) atoms. The predicted molar refractivity (Wildman–Crippen MR) is 57.4 cm³/mol. The molecule has 0 fully saturated rings. The maximum absolute atomic E-state index is 10.7. The van der Waals surface area contributed by atoms with Crippen molar-refractivity contribution in [3.63, 3.8) is 0 Å². The van der Waals surface area contributed by atoms with Crippen LogP contribution < -0.4 is 5.73 Å².